The van der Waals surface area contributed by atoms with E-state index in [9.17, 15) is 0 Å². The van der Waals surface area contributed by atoms with E-state index in [0.717, 1.165) is 0 Å². The van der Waals surface area contributed by atoms with Crippen molar-refractivity contribution in [2.45, 2.75) is 39.3 Å². The molecule has 0 unspecified atom stereocenters. The van der Waals surface area contributed by atoms with E-state index in [1.807, 2.05) is 39.3 Å². The molecular formula is C9H27O6Si4. The highest BCUT2D eigenvalue weighted by molar-refractivity contribution is 6.85. The van der Waals surface area contributed by atoms with Gasteiger partial charge >= 0.3 is 35.2 Å². The average Bonchev–Trinajstić information content (AvgIpc) is 2.22. The molecule has 0 heterocycles. The van der Waals surface area contributed by atoms with Crippen LogP contribution < -0.4 is 0 Å². The van der Waals surface area contributed by atoms with E-state index in [1.165, 1.54) is 0 Å². The van der Waals surface area contributed by atoms with E-state index >= 15 is 0 Å². The van der Waals surface area contributed by atoms with E-state index in [-0.39, 0.29) is 0 Å². The molecule has 0 aliphatic carbocycles. The van der Waals surface area contributed by atoms with Crippen LogP contribution in [0.3, 0.4) is 0 Å². The average molecular weight is 344 g/mol. The molecule has 0 saturated heterocycles. The second-order valence-electron chi connectivity index (χ2n) is 5.37. The minimum atomic E-state index is -2.36. The number of hydrogen-bond acceptors (Lipinski definition) is 6. The zero-order chi connectivity index (χ0) is 15.3. The molecular weight excluding hydrogens is 316 g/mol. The summed E-state index contributed by atoms with van der Waals surface area (Å²) in [6.45, 7) is 11.9. The van der Waals surface area contributed by atoms with Gasteiger partial charge in [-0.15, -0.1) is 0 Å². The Morgan fingerprint density at radius 2 is 1.05 bits per heavy atom. The predicted molar refractivity (Wildman–Crippen MR) is 82.5 cm³/mol. The molecule has 1 radical (unpaired) electrons. The summed E-state index contributed by atoms with van der Waals surface area (Å²) in [4.78, 5) is 0. The first-order valence-corrected chi connectivity index (χ1v) is 15.7. The van der Waals surface area contributed by atoms with E-state index in [4.69, 9.17) is 25.6 Å². The summed E-state index contributed by atoms with van der Waals surface area (Å²) in [6, 6.07) is 0. The van der Waals surface area contributed by atoms with Crippen LogP contribution in [0.1, 0.15) is 0 Å². The van der Waals surface area contributed by atoms with Crippen LogP contribution in [0.5, 0.6) is 0 Å². The van der Waals surface area contributed by atoms with Crippen LogP contribution >= 0.6 is 0 Å². The van der Waals surface area contributed by atoms with Crippen molar-refractivity contribution >= 4 is 35.2 Å². The fraction of sp³-hybridized carbons (Fsp3) is 1.00. The van der Waals surface area contributed by atoms with Crippen LogP contribution in [-0.4, -0.2) is 56.5 Å². The van der Waals surface area contributed by atoms with Gasteiger partial charge in [0.15, 0.2) is 0 Å². The van der Waals surface area contributed by atoms with E-state index in [0.29, 0.717) is 0 Å². The van der Waals surface area contributed by atoms with Gasteiger partial charge in [0.05, 0.1) is 0 Å². The second-order valence-corrected chi connectivity index (χ2v) is 17.9. The van der Waals surface area contributed by atoms with Crippen LogP contribution in [0.2, 0.25) is 39.3 Å². The fourth-order valence-electron chi connectivity index (χ4n) is 1.63. The topological polar surface area (TPSA) is 55.4 Å². The SMILES string of the molecule is CO[Si](OC)O[Si](C)(C)O[Si](C)(C)O[Si](C)(C)OC. The smallest absolute Gasteiger partial charge is 0.416 e. The zero-order valence-electron chi connectivity index (χ0n) is 13.4. The van der Waals surface area contributed by atoms with Gasteiger partial charge in [0.1, 0.15) is 0 Å². The quantitative estimate of drug-likeness (QED) is 0.597. The molecule has 0 aliphatic rings. The van der Waals surface area contributed by atoms with Gasteiger partial charge < -0.3 is 25.6 Å². The number of rotatable bonds is 9. The Kier molecular flexibility index (Phi) is 7.83. The minimum Gasteiger partial charge on any atom is -0.416 e. The Morgan fingerprint density at radius 3 is 1.42 bits per heavy atom. The fourth-order valence-corrected chi connectivity index (χ4v) is 15.0. The third kappa shape index (κ3) is 8.49. The summed E-state index contributed by atoms with van der Waals surface area (Å²) < 4.78 is 33.8. The maximum atomic E-state index is 6.15. The highest BCUT2D eigenvalue weighted by atomic mass is 28.5. The zero-order valence-corrected chi connectivity index (χ0v) is 17.4. The molecule has 6 nitrogen and oxygen atoms in total. The van der Waals surface area contributed by atoms with Gasteiger partial charge in [-0.2, -0.15) is 0 Å². The molecule has 0 amide bonds. The molecule has 0 atom stereocenters. The molecule has 0 spiro atoms. The van der Waals surface area contributed by atoms with Gasteiger partial charge in [0.25, 0.3) is 0 Å². The van der Waals surface area contributed by atoms with Crippen molar-refractivity contribution in [3.63, 3.8) is 0 Å². The minimum absolute atomic E-state index is 1.57. The van der Waals surface area contributed by atoms with Gasteiger partial charge in [-0.25, -0.2) is 0 Å². The first kappa shape index (κ1) is 19.6. The third-order valence-corrected chi connectivity index (χ3v) is 14.3. The maximum absolute atomic E-state index is 6.15. The maximum Gasteiger partial charge on any atom is 0.567 e. The van der Waals surface area contributed by atoms with Crippen LogP contribution in [0, 0.1) is 0 Å². The van der Waals surface area contributed by atoms with Gasteiger partial charge in [-0.1, -0.05) is 0 Å². The Hall–Kier alpha value is 0.628. The summed E-state index contributed by atoms with van der Waals surface area (Å²) in [5.74, 6) is 0. The Balaban J connectivity index is 4.62. The van der Waals surface area contributed by atoms with Crippen molar-refractivity contribution < 1.29 is 25.6 Å². The summed E-state index contributed by atoms with van der Waals surface area (Å²) >= 11 is 0. The Bertz CT molecular complexity index is 269. The predicted octanol–water partition coefficient (Wildman–Crippen LogP) is 2.07. The molecule has 10 heteroatoms. The van der Waals surface area contributed by atoms with Crippen molar-refractivity contribution in [2.75, 3.05) is 21.3 Å². The van der Waals surface area contributed by atoms with Crippen molar-refractivity contribution in [3.05, 3.63) is 0 Å². The van der Waals surface area contributed by atoms with Crippen molar-refractivity contribution in [2.24, 2.45) is 0 Å². The van der Waals surface area contributed by atoms with Crippen LogP contribution in [0.25, 0.3) is 0 Å². The summed E-state index contributed by atoms with van der Waals surface area (Å²) in [6.07, 6.45) is 0. The third-order valence-electron chi connectivity index (χ3n) is 2.14. The van der Waals surface area contributed by atoms with Crippen LogP contribution in [0.4, 0.5) is 0 Å². The van der Waals surface area contributed by atoms with Crippen molar-refractivity contribution in [1.82, 2.24) is 0 Å². The molecule has 0 aromatic carbocycles. The molecule has 0 rings (SSSR count). The highest BCUT2D eigenvalue weighted by Crippen LogP contribution is 2.21. The molecule has 0 aliphatic heterocycles. The number of hydrogen-bond donors (Lipinski definition) is 0. The molecule has 0 N–H and O–H groups in total. The molecule has 0 aromatic heterocycles. The largest absolute Gasteiger partial charge is 0.567 e. The lowest BCUT2D eigenvalue weighted by Gasteiger charge is -2.37. The summed E-state index contributed by atoms with van der Waals surface area (Å²) in [5, 5.41) is 0. The van der Waals surface area contributed by atoms with Gasteiger partial charge in [0.2, 0.25) is 0 Å². The first-order valence-electron chi connectivity index (χ1n) is 6.06. The molecule has 19 heavy (non-hydrogen) atoms. The van der Waals surface area contributed by atoms with Crippen molar-refractivity contribution in [3.8, 4) is 0 Å². The van der Waals surface area contributed by atoms with E-state index in [1.54, 1.807) is 21.3 Å². The van der Waals surface area contributed by atoms with Crippen molar-refractivity contribution in [1.29, 1.82) is 0 Å². The summed E-state index contributed by atoms with van der Waals surface area (Å²) in [5.41, 5.74) is 0. The summed E-state index contributed by atoms with van der Waals surface area (Å²) in [7, 11) is -3.69. The van der Waals surface area contributed by atoms with Gasteiger partial charge in [-0.05, 0) is 39.3 Å². The molecule has 0 aromatic rings. The van der Waals surface area contributed by atoms with Gasteiger partial charge in [-0.3, -0.25) is 0 Å². The van der Waals surface area contributed by atoms with E-state index < -0.39 is 35.2 Å². The molecule has 115 valence electrons. The first-order chi connectivity index (χ1) is 8.47. The molecule has 0 fully saturated rings. The van der Waals surface area contributed by atoms with Crippen LogP contribution in [0.15, 0.2) is 0 Å². The van der Waals surface area contributed by atoms with Crippen LogP contribution in [-0.2, 0) is 25.6 Å². The Morgan fingerprint density at radius 1 is 0.632 bits per heavy atom. The lowest BCUT2D eigenvalue weighted by atomic mass is 11.8. The monoisotopic (exact) mass is 343 g/mol. The highest BCUT2D eigenvalue weighted by Gasteiger charge is 2.43. The molecule has 0 saturated carbocycles. The Labute approximate surface area is 122 Å². The second kappa shape index (κ2) is 7.58. The lowest BCUT2D eigenvalue weighted by Crippen LogP contribution is -2.55. The normalized spacial score (nSPS) is 14.2. The van der Waals surface area contributed by atoms with E-state index in [2.05, 4.69) is 0 Å². The van der Waals surface area contributed by atoms with Gasteiger partial charge in [0, 0.05) is 21.3 Å². The molecule has 0 bridgehead atoms. The lowest BCUT2D eigenvalue weighted by molar-refractivity contribution is 0.179. The standard InChI is InChI=1S/C9H27O6Si4/c1-10-16(11-2)13-18(6,7)15-19(8,9)14-17(4,5)12-3/h1-9H3.